The Morgan fingerprint density at radius 1 is 1.11 bits per heavy atom. The molecular weight excluding hydrogens is 238 g/mol. The number of hydrogen-bond donors (Lipinski definition) is 1. The third kappa shape index (κ3) is 2.28. The molecule has 4 heteroatoms. The minimum atomic E-state index is -0.0577. The van der Waals surface area contributed by atoms with E-state index in [2.05, 4.69) is 15.0 Å². The van der Waals surface area contributed by atoms with Crippen molar-refractivity contribution in [2.24, 2.45) is 0 Å². The van der Waals surface area contributed by atoms with E-state index in [1.165, 1.54) is 6.08 Å². The number of carbonyl (C=O) groups is 1. The number of carbonyl (C=O) groups excluding carboxylic acids is 1. The maximum Gasteiger partial charge on any atom is 0.186 e. The predicted molar refractivity (Wildman–Crippen MR) is 73.7 cm³/mol. The van der Waals surface area contributed by atoms with E-state index in [0.29, 0.717) is 5.56 Å². The lowest BCUT2D eigenvalue weighted by Gasteiger charge is -1.97. The fraction of sp³-hybridized carbons (Fsp3) is 0. The van der Waals surface area contributed by atoms with Gasteiger partial charge in [0.25, 0.3) is 0 Å². The summed E-state index contributed by atoms with van der Waals surface area (Å²) >= 11 is 0. The molecule has 3 aromatic rings. The van der Waals surface area contributed by atoms with Crippen molar-refractivity contribution in [2.45, 2.75) is 0 Å². The van der Waals surface area contributed by atoms with Crippen LogP contribution in [-0.4, -0.2) is 20.7 Å². The number of pyridine rings is 2. The molecule has 0 fully saturated rings. The Labute approximate surface area is 109 Å². The summed E-state index contributed by atoms with van der Waals surface area (Å²) in [5, 5.41) is 0.832. The van der Waals surface area contributed by atoms with Crippen molar-refractivity contribution in [2.75, 3.05) is 0 Å². The lowest BCUT2D eigenvalue weighted by atomic mass is 10.1. The Morgan fingerprint density at radius 3 is 2.89 bits per heavy atom. The summed E-state index contributed by atoms with van der Waals surface area (Å²) in [6, 6.07) is 9.15. The Hall–Kier alpha value is -2.75. The molecule has 3 rings (SSSR count). The van der Waals surface area contributed by atoms with Gasteiger partial charge in [0.15, 0.2) is 5.78 Å². The van der Waals surface area contributed by atoms with Crippen LogP contribution in [-0.2, 0) is 0 Å². The third-order valence-corrected chi connectivity index (χ3v) is 2.82. The van der Waals surface area contributed by atoms with Crippen molar-refractivity contribution in [3.05, 3.63) is 66.3 Å². The molecule has 4 nitrogen and oxygen atoms in total. The van der Waals surface area contributed by atoms with Gasteiger partial charge in [-0.05, 0) is 36.4 Å². The normalized spacial score (nSPS) is 11.2. The topological polar surface area (TPSA) is 58.6 Å². The predicted octanol–water partition coefficient (Wildman–Crippen LogP) is 2.85. The highest BCUT2D eigenvalue weighted by Gasteiger charge is 2.08. The van der Waals surface area contributed by atoms with Crippen molar-refractivity contribution in [3.8, 4) is 0 Å². The van der Waals surface area contributed by atoms with E-state index >= 15 is 0 Å². The summed E-state index contributed by atoms with van der Waals surface area (Å²) in [5.41, 5.74) is 2.12. The molecule has 3 heterocycles. The molecule has 0 aromatic carbocycles. The first-order valence-electron chi connectivity index (χ1n) is 5.90. The van der Waals surface area contributed by atoms with E-state index in [1.807, 2.05) is 24.3 Å². The molecular formula is C15H11N3O. The second-order valence-corrected chi connectivity index (χ2v) is 4.05. The van der Waals surface area contributed by atoms with E-state index < -0.39 is 0 Å². The largest absolute Gasteiger partial charge is 0.346 e. The van der Waals surface area contributed by atoms with Crippen molar-refractivity contribution in [1.82, 2.24) is 15.0 Å². The molecule has 1 N–H and O–H groups in total. The first-order chi connectivity index (χ1) is 9.34. The number of allylic oxidation sites excluding steroid dienone is 1. The van der Waals surface area contributed by atoms with Gasteiger partial charge in [-0.3, -0.25) is 9.78 Å². The van der Waals surface area contributed by atoms with Crippen molar-refractivity contribution in [3.63, 3.8) is 0 Å². The van der Waals surface area contributed by atoms with Crippen LogP contribution in [0.3, 0.4) is 0 Å². The van der Waals surface area contributed by atoms with E-state index in [0.717, 1.165) is 16.7 Å². The van der Waals surface area contributed by atoms with Crippen molar-refractivity contribution < 1.29 is 4.79 Å². The van der Waals surface area contributed by atoms with Crippen LogP contribution in [0.5, 0.6) is 0 Å². The van der Waals surface area contributed by atoms with Gasteiger partial charge in [-0.2, -0.15) is 0 Å². The van der Waals surface area contributed by atoms with Gasteiger partial charge < -0.3 is 4.98 Å². The smallest absolute Gasteiger partial charge is 0.186 e. The van der Waals surface area contributed by atoms with E-state index in [4.69, 9.17) is 0 Å². The number of hydrogen-bond acceptors (Lipinski definition) is 3. The molecule has 0 amide bonds. The lowest BCUT2D eigenvalue weighted by molar-refractivity contribution is 0.104. The Bertz CT molecular complexity index is 744. The average molecular weight is 249 g/mol. The van der Waals surface area contributed by atoms with Gasteiger partial charge in [0, 0.05) is 29.5 Å². The number of H-pyrrole nitrogens is 1. The van der Waals surface area contributed by atoms with E-state index in [-0.39, 0.29) is 5.78 Å². The summed E-state index contributed by atoms with van der Waals surface area (Å²) in [6.07, 6.45) is 8.34. The molecule has 0 aliphatic rings. The van der Waals surface area contributed by atoms with Crippen LogP contribution in [0.15, 0.2) is 55.0 Å². The highest BCUT2D eigenvalue weighted by molar-refractivity contribution is 6.13. The number of ketones is 1. The summed E-state index contributed by atoms with van der Waals surface area (Å²) < 4.78 is 0. The van der Waals surface area contributed by atoms with Crippen molar-refractivity contribution >= 4 is 22.9 Å². The fourth-order valence-corrected chi connectivity index (χ4v) is 1.90. The second kappa shape index (κ2) is 4.86. The van der Waals surface area contributed by atoms with Crippen LogP contribution >= 0.6 is 0 Å². The molecule has 0 aliphatic heterocycles. The highest BCUT2D eigenvalue weighted by atomic mass is 16.1. The summed E-state index contributed by atoms with van der Waals surface area (Å²) in [7, 11) is 0. The molecule has 92 valence electrons. The van der Waals surface area contributed by atoms with Gasteiger partial charge in [0.05, 0.1) is 5.69 Å². The standard InChI is InChI=1S/C15H11N3O/c19-14(5-4-11-3-1-2-8-16-11)12-6-9-17-15-13(12)7-10-18-15/h1-10H,(H,17,18)/b5-4+. The third-order valence-electron chi connectivity index (χ3n) is 2.82. The summed E-state index contributed by atoms with van der Waals surface area (Å²) in [6.45, 7) is 0. The zero-order chi connectivity index (χ0) is 13.1. The van der Waals surface area contributed by atoms with E-state index in [1.54, 1.807) is 30.7 Å². The molecule has 3 aromatic heterocycles. The Kier molecular flexibility index (Phi) is 2.90. The molecule has 0 aliphatic carbocycles. The minimum absolute atomic E-state index is 0.0577. The fourth-order valence-electron chi connectivity index (χ4n) is 1.90. The number of fused-ring (bicyclic) bond motifs is 1. The van der Waals surface area contributed by atoms with Gasteiger partial charge in [-0.25, -0.2) is 4.98 Å². The zero-order valence-corrected chi connectivity index (χ0v) is 10.1. The van der Waals surface area contributed by atoms with Crippen LogP contribution < -0.4 is 0 Å². The summed E-state index contributed by atoms with van der Waals surface area (Å²) in [4.78, 5) is 23.5. The van der Waals surface area contributed by atoms with Gasteiger partial charge >= 0.3 is 0 Å². The van der Waals surface area contributed by atoms with E-state index in [9.17, 15) is 4.79 Å². The maximum absolute atomic E-state index is 12.2. The van der Waals surface area contributed by atoms with Gasteiger partial charge in [0.2, 0.25) is 0 Å². The molecule has 0 bridgehead atoms. The first kappa shape index (κ1) is 11.3. The maximum atomic E-state index is 12.2. The minimum Gasteiger partial charge on any atom is -0.346 e. The number of aromatic nitrogens is 3. The number of nitrogens with one attached hydrogen (secondary N) is 1. The van der Waals surface area contributed by atoms with Crippen LogP contribution in [0.25, 0.3) is 17.1 Å². The Balaban J connectivity index is 1.92. The molecule has 0 radical (unpaired) electrons. The number of aromatic amines is 1. The molecule has 0 saturated carbocycles. The van der Waals surface area contributed by atoms with Crippen LogP contribution in [0, 0.1) is 0 Å². The Morgan fingerprint density at radius 2 is 2.05 bits per heavy atom. The first-order valence-corrected chi connectivity index (χ1v) is 5.90. The number of rotatable bonds is 3. The SMILES string of the molecule is O=C(/C=C/c1ccccn1)c1ccnc2[nH]ccc12. The van der Waals surface area contributed by atoms with Crippen LogP contribution in [0.4, 0.5) is 0 Å². The van der Waals surface area contributed by atoms with Crippen LogP contribution in [0.2, 0.25) is 0 Å². The highest BCUT2D eigenvalue weighted by Crippen LogP contribution is 2.16. The summed E-state index contributed by atoms with van der Waals surface area (Å²) in [5.74, 6) is -0.0577. The number of nitrogens with zero attached hydrogens (tertiary/aromatic N) is 2. The van der Waals surface area contributed by atoms with Gasteiger partial charge in [-0.15, -0.1) is 0 Å². The molecule has 19 heavy (non-hydrogen) atoms. The monoisotopic (exact) mass is 249 g/mol. The molecule has 0 saturated heterocycles. The lowest BCUT2D eigenvalue weighted by Crippen LogP contribution is -1.95. The van der Waals surface area contributed by atoms with Crippen molar-refractivity contribution in [1.29, 1.82) is 0 Å². The van der Waals surface area contributed by atoms with Gasteiger partial charge in [-0.1, -0.05) is 6.07 Å². The zero-order valence-electron chi connectivity index (χ0n) is 10.1. The molecule has 0 atom stereocenters. The van der Waals surface area contributed by atoms with Gasteiger partial charge in [0.1, 0.15) is 5.65 Å². The molecule has 0 spiro atoms. The van der Waals surface area contributed by atoms with Crippen LogP contribution in [0.1, 0.15) is 16.1 Å². The average Bonchev–Trinajstić information content (AvgIpc) is 2.94. The quantitative estimate of drug-likeness (QED) is 0.573. The second-order valence-electron chi connectivity index (χ2n) is 4.05. The molecule has 0 unspecified atom stereocenters.